The summed E-state index contributed by atoms with van der Waals surface area (Å²) in [6, 6.07) is 8.34. The Labute approximate surface area is 125 Å². The third kappa shape index (κ3) is 4.17. The Morgan fingerprint density at radius 2 is 2.23 bits per heavy atom. The van der Waals surface area contributed by atoms with Crippen molar-refractivity contribution in [3.8, 4) is 5.75 Å². The maximum Gasteiger partial charge on any atom is 0.341 e. The molecule has 0 aliphatic heterocycles. The van der Waals surface area contributed by atoms with Gasteiger partial charge in [0, 0.05) is 11.3 Å². The number of carbonyl (C=O) groups is 2. The summed E-state index contributed by atoms with van der Waals surface area (Å²) in [7, 11) is 0. The number of amides is 1. The van der Waals surface area contributed by atoms with Crippen molar-refractivity contribution < 1.29 is 19.4 Å². The summed E-state index contributed by atoms with van der Waals surface area (Å²) in [6.07, 6.45) is 1.37. The molecule has 0 radical (unpaired) electrons. The molecule has 8 nitrogen and oxygen atoms in total. The number of aliphatic carboxylic acids is 1. The zero-order valence-corrected chi connectivity index (χ0v) is 11.7. The molecule has 0 aliphatic carbocycles. The van der Waals surface area contributed by atoms with Gasteiger partial charge in [-0.1, -0.05) is 12.1 Å². The van der Waals surface area contributed by atoms with Crippen LogP contribution < -0.4 is 10.2 Å². The number of H-pyrrole nitrogens is 1. The quantitative estimate of drug-likeness (QED) is 0.542. The van der Waals surface area contributed by atoms with E-state index < -0.39 is 18.5 Å². The average Bonchev–Trinajstić information content (AvgIpc) is 2.92. The van der Waals surface area contributed by atoms with Gasteiger partial charge in [0.05, 0.1) is 6.21 Å². The predicted octanol–water partition coefficient (Wildman–Crippen LogP) is 0.945. The van der Waals surface area contributed by atoms with Gasteiger partial charge in [-0.25, -0.2) is 10.2 Å². The van der Waals surface area contributed by atoms with Gasteiger partial charge in [0.2, 0.25) is 0 Å². The molecule has 0 spiro atoms. The van der Waals surface area contributed by atoms with Crippen LogP contribution in [0.2, 0.25) is 0 Å². The van der Waals surface area contributed by atoms with Gasteiger partial charge in [-0.3, -0.25) is 9.89 Å². The van der Waals surface area contributed by atoms with Crippen molar-refractivity contribution in [2.75, 3.05) is 6.61 Å². The monoisotopic (exact) mass is 302 g/mol. The van der Waals surface area contributed by atoms with Crippen LogP contribution in [0.4, 0.5) is 0 Å². The third-order valence-electron chi connectivity index (χ3n) is 2.58. The van der Waals surface area contributed by atoms with E-state index >= 15 is 0 Å². The molecule has 1 heterocycles. The number of para-hydroxylation sites is 1. The molecular weight excluding hydrogens is 288 g/mol. The number of hydrogen-bond acceptors (Lipinski definition) is 5. The molecule has 1 aromatic heterocycles. The van der Waals surface area contributed by atoms with E-state index in [0.29, 0.717) is 11.3 Å². The summed E-state index contributed by atoms with van der Waals surface area (Å²) >= 11 is 0. The number of carboxylic acid groups (broad SMARTS) is 1. The van der Waals surface area contributed by atoms with Crippen LogP contribution in [0, 0.1) is 6.92 Å². The van der Waals surface area contributed by atoms with Gasteiger partial charge in [0.15, 0.2) is 12.3 Å². The molecule has 0 bridgehead atoms. The highest BCUT2D eigenvalue weighted by Crippen LogP contribution is 2.15. The minimum atomic E-state index is -1.08. The van der Waals surface area contributed by atoms with E-state index in [0.717, 1.165) is 5.69 Å². The van der Waals surface area contributed by atoms with E-state index in [1.54, 1.807) is 37.3 Å². The Hall–Kier alpha value is -3.16. The number of carboxylic acids is 1. The van der Waals surface area contributed by atoms with Crippen molar-refractivity contribution in [3.63, 3.8) is 0 Å². The fourth-order valence-corrected chi connectivity index (χ4v) is 1.61. The highest BCUT2D eigenvalue weighted by atomic mass is 16.5. The van der Waals surface area contributed by atoms with Gasteiger partial charge in [-0.05, 0) is 25.1 Å². The number of aromatic amines is 1. The number of benzene rings is 1. The zero-order chi connectivity index (χ0) is 15.9. The molecule has 0 saturated carbocycles. The lowest BCUT2D eigenvalue weighted by Crippen LogP contribution is -2.18. The summed E-state index contributed by atoms with van der Waals surface area (Å²) in [6.45, 7) is 1.33. The lowest BCUT2D eigenvalue weighted by molar-refractivity contribution is -0.139. The van der Waals surface area contributed by atoms with Crippen LogP contribution in [-0.4, -0.2) is 40.0 Å². The fourth-order valence-electron chi connectivity index (χ4n) is 1.61. The lowest BCUT2D eigenvalue weighted by atomic mass is 10.2. The average molecular weight is 302 g/mol. The molecule has 0 aliphatic rings. The molecule has 114 valence electrons. The second-order valence-electron chi connectivity index (χ2n) is 4.36. The number of aromatic nitrogens is 2. The minimum Gasteiger partial charge on any atom is -0.481 e. The standard InChI is InChI=1S/C14H14N4O4/c1-9-6-11(17-16-9)14(21)18-15-7-10-4-2-3-5-12(10)22-8-13(19)20/h2-7H,8H2,1H3,(H,16,17)(H,18,21)(H,19,20)/b15-7+. The van der Waals surface area contributed by atoms with E-state index in [9.17, 15) is 9.59 Å². The summed E-state index contributed by atoms with van der Waals surface area (Å²) in [5, 5.41) is 18.9. The first kappa shape index (κ1) is 15.2. The highest BCUT2D eigenvalue weighted by Gasteiger charge is 2.08. The van der Waals surface area contributed by atoms with Gasteiger partial charge in [-0.2, -0.15) is 10.2 Å². The molecule has 0 atom stereocenters. The molecule has 8 heteroatoms. The van der Waals surface area contributed by atoms with Crippen LogP contribution in [0.5, 0.6) is 5.75 Å². The molecule has 1 amide bonds. The summed E-state index contributed by atoms with van der Waals surface area (Å²) in [4.78, 5) is 22.3. The molecule has 2 rings (SSSR count). The number of rotatable bonds is 6. The Bertz CT molecular complexity index is 708. The van der Waals surface area contributed by atoms with Crippen LogP contribution in [0.25, 0.3) is 0 Å². The maximum atomic E-state index is 11.7. The molecular formula is C14H14N4O4. The Balaban J connectivity index is 2.00. The van der Waals surface area contributed by atoms with Crippen LogP contribution in [0.1, 0.15) is 21.7 Å². The van der Waals surface area contributed by atoms with Crippen LogP contribution in [-0.2, 0) is 4.79 Å². The van der Waals surface area contributed by atoms with Crippen molar-refractivity contribution in [2.24, 2.45) is 5.10 Å². The van der Waals surface area contributed by atoms with Crippen LogP contribution >= 0.6 is 0 Å². The second-order valence-corrected chi connectivity index (χ2v) is 4.36. The first-order valence-electron chi connectivity index (χ1n) is 6.35. The molecule has 0 unspecified atom stereocenters. The summed E-state index contributed by atoms with van der Waals surface area (Å²) in [5.74, 6) is -1.17. The van der Waals surface area contributed by atoms with Crippen LogP contribution in [0.15, 0.2) is 35.4 Å². The van der Waals surface area contributed by atoms with Crippen molar-refractivity contribution in [1.82, 2.24) is 15.6 Å². The van der Waals surface area contributed by atoms with Crippen molar-refractivity contribution in [2.45, 2.75) is 6.92 Å². The molecule has 1 aromatic carbocycles. The Morgan fingerprint density at radius 1 is 1.45 bits per heavy atom. The number of carbonyl (C=O) groups excluding carboxylic acids is 1. The highest BCUT2D eigenvalue weighted by molar-refractivity contribution is 5.93. The van der Waals surface area contributed by atoms with Gasteiger partial charge in [0.25, 0.3) is 5.91 Å². The van der Waals surface area contributed by atoms with Crippen molar-refractivity contribution >= 4 is 18.1 Å². The van der Waals surface area contributed by atoms with Crippen molar-refractivity contribution in [1.29, 1.82) is 0 Å². The first-order valence-corrected chi connectivity index (χ1v) is 6.35. The number of hydrogen-bond donors (Lipinski definition) is 3. The van der Waals surface area contributed by atoms with E-state index in [1.807, 2.05) is 0 Å². The van der Waals surface area contributed by atoms with Gasteiger partial charge < -0.3 is 9.84 Å². The Kier molecular flexibility index (Phi) is 4.86. The van der Waals surface area contributed by atoms with E-state index in [1.165, 1.54) is 6.21 Å². The van der Waals surface area contributed by atoms with E-state index in [2.05, 4.69) is 20.7 Å². The van der Waals surface area contributed by atoms with Gasteiger partial charge in [-0.15, -0.1) is 0 Å². The van der Waals surface area contributed by atoms with E-state index in [4.69, 9.17) is 9.84 Å². The van der Waals surface area contributed by atoms with E-state index in [-0.39, 0.29) is 5.69 Å². The molecule has 2 aromatic rings. The SMILES string of the molecule is Cc1cc(C(=O)N/N=C/c2ccccc2OCC(=O)O)n[nH]1. The molecule has 3 N–H and O–H groups in total. The lowest BCUT2D eigenvalue weighted by Gasteiger charge is -2.05. The van der Waals surface area contributed by atoms with Crippen LogP contribution in [0.3, 0.4) is 0 Å². The summed E-state index contributed by atoms with van der Waals surface area (Å²) < 4.78 is 5.12. The third-order valence-corrected chi connectivity index (χ3v) is 2.58. The maximum absolute atomic E-state index is 11.7. The first-order chi connectivity index (χ1) is 10.6. The topological polar surface area (TPSA) is 117 Å². The minimum absolute atomic E-state index is 0.227. The molecule has 0 fully saturated rings. The number of hydrazone groups is 1. The molecule has 0 saturated heterocycles. The smallest absolute Gasteiger partial charge is 0.341 e. The van der Waals surface area contributed by atoms with Gasteiger partial charge >= 0.3 is 5.97 Å². The number of ether oxygens (including phenoxy) is 1. The fraction of sp³-hybridized carbons (Fsp3) is 0.143. The van der Waals surface area contributed by atoms with Crippen molar-refractivity contribution in [3.05, 3.63) is 47.3 Å². The number of nitrogens with one attached hydrogen (secondary N) is 2. The number of nitrogens with zero attached hydrogens (tertiary/aromatic N) is 2. The summed E-state index contributed by atoms with van der Waals surface area (Å²) in [5.41, 5.74) is 3.86. The zero-order valence-electron chi connectivity index (χ0n) is 11.7. The predicted molar refractivity (Wildman–Crippen MR) is 78.0 cm³/mol. The van der Waals surface area contributed by atoms with Gasteiger partial charge in [0.1, 0.15) is 5.75 Å². The normalized spacial score (nSPS) is 10.6. The molecule has 22 heavy (non-hydrogen) atoms. The Morgan fingerprint density at radius 3 is 2.91 bits per heavy atom. The second kappa shape index (κ2) is 7.02. The number of aryl methyl sites for hydroxylation is 1. The largest absolute Gasteiger partial charge is 0.481 e.